The van der Waals surface area contributed by atoms with Crippen LogP contribution in [0.25, 0.3) is 89.6 Å². The van der Waals surface area contributed by atoms with Crippen molar-refractivity contribution in [1.29, 1.82) is 0 Å². The average molecular weight is 643 g/mol. The number of aromatic nitrogens is 4. The lowest BCUT2D eigenvalue weighted by molar-refractivity contribution is 0.669. The highest BCUT2D eigenvalue weighted by atomic mass is 16.3. The van der Waals surface area contributed by atoms with Crippen LogP contribution in [-0.4, -0.2) is 19.9 Å². The van der Waals surface area contributed by atoms with Crippen molar-refractivity contribution in [3.8, 4) is 67.7 Å². The van der Waals surface area contributed by atoms with Gasteiger partial charge in [-0.1, -0.05) is 127 Å². The fraction of sp³-hybridized carbons (Fsp3) is 0.0222. The lowest BCUT2D eigenvalue weighted by Crippen LogP contribution is -2.00. The third-order valence-electron chi connectivity index (χ3n) is 9.18. The number of furan rings is 1. The van der Waals surface area contributed by atoms with Gasteiger partial charge in [0.2, 0.25) is 0 Å². The topological polar surface area (TPSA) is 64.7 Å². The summed E-state index contributed by atoms with van der Waals surface area (Å²) < 4.78 is 6.48. The van der Waals surface area contributed by atoms with Crippen molar-refractivity contribution in [1.82, 2.24) is 19.9 Å². The van der Waals surface area contributed by atoms with Crippen LogP contribution < -0.4 is 0 Å². The molecule has 6 aromatic carbocycles. The summed E-state index contributed by atoms with van der Waals surface area (Å²) in [5.74, 6) is 1.82. The van der Waals surface area contributed by atoms with Gasteiger partial charge in [0.25, 0.3) is 0 Å². The summed E-state index contributed by atoms with van der Waals surface area (Å²) in [4.78, 5) is 19.4. The first-order valence-corrected chi connectivity index (χ1v) is 16.6. The molecule has 0 aliphatic heterocycles. The first-order chi connectivity index (χ1) is 24.7. The number of nitrogens with zero attached hydrogens (tertiary/aromatic N) is 4. The normalized spacial score (nSPS) is 11.3. The van der Waals surface area contributed by atoms with Gasteiger partial charge in [-0.05, 0) is 65.1 Å². The molecular weight excluding hydrogens is 613 g/mol. The van der Waals surface area contributed by atoms with Crippen LogP contribution in [0.5, 0.6) is 0 Å². The molecule has 5 heteroatoms. The van der Waals surface area contributed by atoms with E-state index in [2.05, 4.69) is 103 Å². The molecule has 9 aromatic rings. The maximum Gasteiger partial charge on any atom is 0.164 e. The van der Waals surface area contributed by atoms with E-state index in [-0.39, 0.29) is 0 Å². The number of benzene rings is 6. The molecule has 0 saturated carbocycles. The van der Waals surface area contributed by atoms with Crippen LogP contribution in [0.1, 0.15) is 5.56 Å². The number of rotatable bonds is 6. The molecular formula is C45H30N4O. The molecule has 0 aliphatic rings. The van der Waals surface area contributed by atoms with E-state index >= 15 is 0 Å². The summed E-state index contributed by atoms with van der Waals surface area (Å²) in [5, 5.41) is 2.12. The van der Waals surface area contributed by atoms with Gasteiger partial charge in [0.1, 0.15) is 11.2 Å². The molecule has 0 unspecified atom stereocenters. The van der Waals surface area contributed by atoms with Gasteiger partial charge in [-0.25, -0.2) is 15.0 Å². The van der Waals surface area contributed by atoms with Gasteiger partial charge >= 0.3 is 0 Å². The molecule has 0 bridgehead atoms. The highest BCUT2D eigenvalue weighted by molar-refractivity contribution is 6.13. The Balaban J connectivity index is 1.12. The van der Waals surface area contributed by atoms with Crippen LogP contribution >= 0.6 is 0 Å². The summed E-state index contributed by atoms with van der Waals surface area (Å²) in [5.41, 5.74) is 12.2. The molecule has 0 saturated heterocycles. The lowest BCUT2D eigenvalue weighted by atomic mass is 9.97. The average Bonchev–Trinajstić information content (AvgIpc) is 3.57. The van der Waals surface area contributed by atoms with E-state index in [9.17, 15) is 0 Å². The van der Waals surface area contributed by atoms with E-state index in [1.165, 1.54) is 11.1 Å². The zero-order valence-corrected chi connectivity index (χ0v) is 27.3. The van der Waals surface area contributed by atoms with Crippen LogP contribution in [0.3, 0.4) is 0 Å². The third-order valence-corrected chi connectivity index (χ3v) is 9.18. The largest absolute Gasteiger partial charge is 0.456 e. The van der Waals surface area contributed by atoms with Crippen LogP contribution in [-0.2, 0) is 0 Å². The van der Waals surface area contributed by atoms with E-state index in [0.29, 0.717) is 17.5 Å². The van der Waals surface area contributed by atoms with E-state index in [1.807, 2.05) is 72.9 Å². The first-order valence-electron chi connectivity index (χ1n) is 16.6. The van der Waals surface area contributed by atoms with Gasteiger partial charge < -0.3 is 4.42 Å². The zero-order chi connectivity index (χ0) is 33.4. The number of aryl methyl sites for hydroxylation is 1. The maximum atomic E-state index is 6.48. The summed E-state index contributed by atoms with van der Waals surface area (Å²) in [6.07, 6.45) is 1.82. The van der Waals surface area contributed by atoms with Gasteiger partial charge in [-0.2, -0.15) is 0 Å². The van der Waals surface area contributed by atoms with Gasteiger partial charge in [-0.15, -0.1) is 0 Å². The van der Waals surface area contributed by atoms with Gasteiger partial charge in [-0.3, -0.25) is 4.98 Å². The molecule has 3 aromatic heterocycles. The number of fused-ring (bicyclic) bond motifs is 3. The van der Waals surface area contributed by atoms with Crippen LogP contribution in [0, 0.1) is 6.92 Å². The highest BCUT2D eigenvalue weighted by Gasteiger charge is 2.17. The lowest BCUT2D eigenvalue weighted by Gasteiger charge is -2.10. The predicted molar refractivity (Wildman–Crippen MR) is 202 cm³/mol. The Kier molecular flexibility index (Phi) is 7.29. The van der Waals surface area contributed by atoms with Gasteiger partial charge in [0.15, 0.2) is 17.5 Å². The molecule has 0 radical (unpaired) electrons. The summed E-state index contributed by atoms with van der Waals surface area (Å²) >= 11 is 0. The number of hydrogen-bond acceptors (Lipinski definition) is 5. The van der Waals surface area contributed by atoms with E-state index in [4.69, 9.17) is 19.4 Å². The highest BCUT2D eigenvalue weighted by Crippen LogP contribution is 2.39. The molecule has 0 aliphatic carbocycles. The fourth-order valence-corrected chi connectivity index (χ4v) is 6.61. The standard InChI is InChI=1S/C45H30N4O/c1-29-10-5-6-13-36(29)30-19-23-34(24-20-30)44-47-43(33-11-3-2-4-12-33)48-45(49-44)35-25-26-38-41(28-35)50-40-16-9-14-37(42(38)40)31-17-21-32(22-18-31)39-15-7-8-27-46-39/h2-28H,1H3. The van der Waals surface area contributed by atoms with E-state index in [0.717, 1.165) is 66.6 Å². The van der Waals surface area contributed by atoms with Crippen LogP contribution in [0.15, 0.2) is 168 Å². The molecule has 0 spiro atoms. The minimum atomic E-state index is 0.588. The van der Waals surface area contributed by atoms with Crippen molar-refractivity contribution in [2.75, 3.05) is 0 Å². The van der Waals surface area contributed by atoms with Crippen molar-refractivity contribution in [3.63, 3.8) is 0 Å². The molecule has 0 N–H and O–H groups in total. The van der Waals surface area contributed by atoms with Gasteiger partial charge in [0.05, 0.1) is 5.69 Å². The zero-order valence-electron chi connectivity index (χ0n) is 27.3. The predicted octanol–water partition coefficient (Wildman–Crippen LogP) is 11.5. The smallest absolute Gasteiger partial charge is 0.164 e. The van der Waals surface area contributed by atoms with Crippen molar-refractivity contribution < 1.29 is 4.42 Å². The van der Waals surface area contributed by atoms with Crippen molar-refractivity contribution >= 4 is 21.9 Å². The Labute approximate surface area is 289 Å². The Morgan fingerprint density at radius 1 is 0.420 bits per heavy atom. The fourth-order valence-electron chi connectivity index (χ4n) is 6.61. The first kappa shape index (κ1) is 29.4. The molecule has 50 heavy (non-hydrogen) atoms. The summed E-state index contributed by atoms with van der Waals surface area (Å²) in [7, 11) is 0. The number of hydrogen-bond donors (Lipinski definition) is 0. The summed E-state index contributed by atoms with van der Waals surface area (Å²) in [6.45, 7) is 2.13. The van der Waals surface area contributed by atoms with Gasteiger partial charge in [0, 0.05) is 39.2 Å². The van der Waals surface area contributed by atoms with Crippen molar-refractivity contribution in [2.45, 2.75) is 6.92 Å². The second-order valence-corrected chi connectivity index (χ2v) is 12.3. The molecule has 0 fully saturated rings. The molecule has 3 heterocycles. The minimum absolute atomic E-state index is 0.588. The maximum absolute atomic E-state index is 6.48. The van der Waals surface area contributed by atoms with E-state index in [1.54, 1.807) is 0 Å². The Morgan fingerprint density at radius 3 is 1.72 bits per heavy atom. The molecule has 236 valence electrons. The van der Waals surface area contributed by atoms with Crippen LogP contribution in [0.2, 0.25) is 0 Å². The van der Waals surface area contributed by atoms with Crippen molar-refractivity contribution in [3.05, 3.63) is 169 Å². The van der Waals surface area contributed by atoms with Crippen LogP contribution in [0.4, 0.5) is 0 Å². The monoisotopic (exact) mass is 642 g/mol. The van der Waals surface area contributed by atoms with Crippen molar-refractivity contribution in [2.24, 2.45) is 0 Å². The summed E-state index contributed by atoms with van der Waals surface area (Å²) in [6, 6.07) is 53.9. The third kappa shape index (κ3) is 5.41. The molecule has 0 amide bonds. The molecule has 5 nitrogen and oxygen atoms in total. The Bertz CT molecular complexity index is 2630. The SMILES string of the molecule is Cc1ccccc1-c1ccc(-c2nc(-c3ccccc3)nc(-c3ccc4c(c3)oc3cccc(-c5ccc(-c6ccccn6)cc5)c34)n2)cc1. The number of pyridine rings is 1. The second kappa shape index (κ2) is 12.4. The van der Waals surface area contributed by atoms with E-state index < -0.39 is 0 Å². The Morgan fingerprint density at radius 2 is 1.00 bits per heavy atom. The Hall–Kier alpha value is -6.72. The molecule has 0 atom stereocenters. The quantitative estimate of drug-likeness (QED) is 0.181. The second-order valence-electron chi connectivity index (χ2n) is 12.3. The minimum Gasteiger partial charge on any atom is -0.456 e. The molecule has 9 rings (SSSR count).